The van der Waals surface area contributed by atoms with Gasteiger partial charge in [0.1, 0.15) is 16.8 Å². The highest BCUT2D eigenvalue weighted by Crippen LogP contribution is 2.24. The first-order chi connectivity index (χ1) is 8.34. The quantitative estimate of drug-likeness (QED) is 0.656. The summed E-state index contributed by atoms with van der Waals surface area (Å²) in [5, 5.41) is 18.8. The molecule has 3 N–H and O–H groups in total. The monoisotopic (exact) mass is 278 g/mol. The van der Waals surface area contributed by atoms with Crippen molar-refractivity contribution in [2.75, 3.05) is 13.7 Å². The van der Waals surface area contributed by atoms with E-state index in [1.54, 1.807) is 0 Å². The maximum atomic E-state index is 14.5. The Balaban J connectivity index is 3.19. The zero-order chi connectivity index (χ0) is 13.9. The highest BCUT2D eigenvalue weighted by atomic mass is 32.1. The highest BCUT2D eigenvalue weighted by Gasteiger charge is 2.41. The number of hydrogen-bond donors (Lipinski definition) is 3. The number of aromatic nitrogens is 2. The van der Waals surface area contributed by atoms with Gasteiger partial charge in [0.05, 0.1) is 6.61 Å². The molecule has 8 heteroatoms. The Labute approximate surface area is 108 Å². The second-order valence-corrected chi connectivity index (χ2v) is 4.35. The van der Waals surface area contributed by atoms with Gasteiger partial charge in [-0.2, -0.15) is 0 Å². The summed E-state index contributed by atoms with van der Waals surface area (Å²) in [6.45, 7) is 0.437. The Kier molecular flexibility index (Phi) is 4.74. The molecular weight excluding hydrogens is 263 g/mol. The van der Waals surface area contributed by atoms with Crippen LogP contribution in [0.1, 0.15) is 6.92 Å². The van der Waals surface area contributed by atoms with E-state index in [9.17, 15) is 14.3 Å². The van der Waals surface area contributed by atoms with Gasteiger partial charge >= 0.3 is 5.69 Å². The first-order valence-corrected chi connectivity index (χ1v) is 5.58. The van der Waals surface area contributed by atoms with E-state index in [2.05, 4.69) is 4.98 Å². The van der Waals surface area contributed by atoms with E-state index in [1.165, 1.54) is 13.2 Å². The third-order valence-corrected chi connectivity index (χ3v) is 2.91. The zero-order valence-electron chi connectivity index (χ0n) is 9.96. The number of rotatable bonds is 5. The van der Waals surface area contributed by atoms with Crippen molar-refractivity contribution in [3.63, 3.8) is 0 Å². The van der Waals surface area contributed by atoms with Crippen LogP contribution in [0.2, 0.25) is 0 Å². The molecule has 0 amide bonds. The number of hydrogen-bond acceptors (Lipinski definition) is 5. The van der Waals surface area contributed by atoms with Crippen molar-refractivity contribution in [2.24, 2.45) is 0 Å². The third kappa shape index (κ3) is 2.83. The fourth-order valence-corrected chi connectivity index (χ4v) is 1.69. The molecule has 6 nitrogen and oxygen atoms in total. The average Bonchev–Trinajstić information content (AvgIpc) is 2.29. The number of halogens is 1. The van der Waals surface area contributed by atoms with Crippen LogP contribution < -0.4 is 5.69 Å². The summed E-state index contributed by atoms with van der Waals surface area (Å²) in [5.74, 6) is -2.44. The standard InChI is InChI=1S/C10H15FN2O4S/c1-10(11,8(15)6(5-14)17-2)13-4-3-7(18)12-9(13)16/h3-4,6,8,14-15H,5H2,1-2H3,(H,12,16,18). The van der Waals surface area contributed by atoms with Crippen LogP contribution >= 0.6 is 12.2 Å². The van der Waals surface area contributed by atoms with Crippen LogP contribution in [-0.2, 0) is 10.5 Å². The molecule has 0 radical (unpaired) electrons. The highest BCUT2D eigenvalue weighted by molar-refractivity contribution is 7.71. The first-order valence-electron chi connectivity index (χ1n) is 5.17. The van der Waals surface area contributed by atoms with Gasteiger partial charge < -0.3 is 14.9 Å². The number of aliphatic hydroxyl groups is 2. The van der Waals surface area contributed by atoms with Crippen molar-refractivity contribution in [1.82, 2.24) is 9.55 Å². The average molecular weight is 278 g/mol. The molecule has 0 aromatic carbocycles. The maximum Gasteiger partial charge on any atom is 0.329 e. The molecule has 1 aromatic rings. The number of aliphatic hydroxyl groups excluding tert-OH is 2. The van der Waals surface area contributed by atoms with E-state index in [0.29, 0.717) is 4.57 Å². The molecule has 18 heavy (non-hydrogen) atoms. The zero-order valence-corrected chi connectivity index (χ0v) is 10.8. The van der Waals surface area contributed by atoms with Crippen molar-refractivity contribution in [1.29, 1.82) is 0 Å². The van der Waals surface area contributed by atoms with Crippen LogP contribution in [-0.4, -0.2) is 45.7 Å². The molecule has 0 aliphatic heterocycles. The smallest absolute Gasteiger partial charge is 0.329 e. The van der Waals surface area contributed by atoms with E-state index in [0.717, 1.165) is 13.1 Å². The number of aromatic amines is 1. The SMILES string of the molecule is COC(CO)C(O)C(C)(F)n1ccc(=S)[nH]c1=O. The number of ether oxygens (including phenoxy) is 1. The Bertz CT molecular complexity index is 509. The van der Waals surface area contributed by atoms with Gasteiger partial charge in [-0.25, -0.2) is 9.18 Å². The number of alkyl halides is 1. The summed E-state index contributed by atoms with van der Waals surface area (Å²) in [7, 11) is 1.22. The van der Waals surface area contributed by atoms with Gasteiger partial charge in [-0.3, -0.25) is 9.55 Å². The van der Waals surface area contributed by atoms with Crippen LogP contribution in [0, 0.1) is 4.64 Å². The molecule has 0 saturated heterocycles. The van der Waals surface area contributed by atoms with Crippen LogP contribution in [0.25, 0.3) is 0 Å². The van der Waals surface area contributed by atoms with E-state index in [1.807, 2.05) is 0 Å². The molecule has 3 atom stereocenters. The summed E-state index contributed by atoms with van der Waals surface area (Å²) >= 11 is 4.73. The Morgan fingerprint density at radius 1 is 1.72 bits per heavy atom. The molecule has 0 bridgehead atoms. The van der Waals surface area contributed by atoms with Gasteiger partial charge in [0.25, 0.3) is 0 Å². The normalized spacial score (nSPS) is 18.1. The molecule has 102 valence electrons. The number of nitrogens with one attached hydrogen (secondary N) is 1. The summed E-state index contributed by atoms with van der Waals surface area (Å²) < 4.78 is 20.1. The van der Waals surface area contributed by atoms with Crippen molar-refractivity contribution in [3.05, 3.63) is 27.4 Å². The largest absolute Gasteiger partial charge is 0.394 e. The molecule has 1 heterocycles. The second kappa shape index (κ2) is 5.70. The summed E-state index contributed by atoms with van der Waals surface area (Å²) in [6, 6.07) is 1.32. The van der Waals surface area contributed by atoms with E-state index in [4.69, 9.17) is 22.1 Å². The fraction of sp³-hybridized carbons (Fsp3) is 0.600. The predicted octanol–water partition coefficient (Wildman–Crippen LogP) is -0.0837. The molecule has 1 rings (SSSR count). The van der Waals surface area contributed by atoms with Crippen LogP contribution in [0.4, 0.5) is 4.39 Å². The van der Waals surface area contributed by atoms with Gasteiger partial charge in [-0.15, -0.1) is 0 Å². The van der Waals surface area contributed by atoms with Crippen molar-refractivity contribution in [2.45, 2.75) is 24.9 Å². The van der Waals surface area contributed by atoms with Gasteiger partial charge in [0.15, 0.2) is 0 Å². The number of nitrogens with zero attached hydrogens (tertiary/aromatic N) is 1. The molecular formula is C10H15FN2O4S. The lowest BCUT2D eigenvalue weighted by atomic mass is 10.0. The number of methoxy groups -OCH3 is 1. The maximum absolute atomic E-state index is 14.5. The van der Waals surface area contributed by atoms with E-state index < -0.39 is 30.3 Å². The lowest BCUT2D eigenvalue weighted by Gasteiger charge is -2.32. The van der Waals surface area contributed by atoms with Crippen molar-refractivity contribution in [3.8, 4) is 0 Å². The van der Waals surface area contributed by atoms with Crippen molar-refractivity contribution < 1.29 is 19.3 Å². The molecule has 0 saturated carbocycles. The van der Waals surface area contributed by atoms with Gasteiger partial charge in [-0.1, -0.05) is 12.2 Å². The number of H-pyrrole nitrogens is 1. The van der Waals surface area contributed by atoms with E-state index in [-0.39, 0.29) is 4.64 Å². The molecule has 0 aliphatic carbocycles. The Morgan fingerprint density at radius 3 is 2.78 bits per heavy atom. The minimum Gasteiger partial charge on any atom is -0.394 e. The first kappa shape index (κ1) is 15.0. The Morgan fingerprint density at radius 2 is 2.33 bits per heavy atom. The topological polar surface area (TPSA) is 87.5 Å². The van der Waals surface area contributed by atoms with Gasteiger partial charge in [0, 0.05) is 13.3 Å². The lowest BCUT2D eigenvalue weighted by Crippen LogP contribution is -2.51. The summed E-state index contributed by atoms with van der Waals surface area (Å²) in [6.07, 6.45) is -1.72. The molecule has 3 unspecified atom stereocenters. The molecule has 1 aromatic heterocycles. The second-order valence-electron chi connectivity index (χ2n) is 3.91. The Hall–Kier alpha value is -1.09. The van der Waals surface area contributed by atoms with E-state index >= 15 is 0 Å². The van der Waals surface area contributed by atoms with Crippen LogP contribution in [0.15, 0.2) is 17.1 Å². The molecule has 0 fully saturated rings. The third-order valence-electron chi connectivity index (χ3n) is 2.67. The molecule has 0 spiro atoms. The van der Waals surface area contributed by atoms with Crippen molar-refractivity contribution >= 4 is 12.2 Å². The van der Waals surface area contributed by atoms with Crippen LogP contribution in [0.3, 0.4) is 0 Å². The van der Waals surface area contributed by atoms with Gasteiger partial charge in [0.2, 0.25) is 5.79 Å². The van der Waals surface area contributed by atoms with Gasteiger partial charge in [-0.05, 0) is 13.0 Å². The minimum absolute atomic E-state index is 0.159. The summed E-state index contributed by atoms with van der Waals surface area (Å²) in [5.41, 5.74) is -0.792. The lowest BCUT2D eigenvalue weighted by molar-refractivity contribution is -0.138. The summed E-state index contributed by atoms with van der Waals surface area (Å²) in [4.78, 5) is 13.8. The van der Waals surface area contributed by atoms with Crippen LogP contribution in [0.5, 0.6) is 0 Å². The fourth-order valence-electron chi connectivity index (χ4n) is 1.55. The molecule has 0 aliphatic rings. The minimum atomic E-state index is -2.44. The predicted molar refractivity (Wildman–Crippen MR) is 64.5 cm³/mol.